The number of H-pyrrole nitrogens is 1. The van der Waals surface area contributed by atoms with Crippen LogP contribution >= 0.6 is 0 Å². The number of aliphatic hydroxyl groups excluding tert-OH is 1. The van der Waals surface area contributed by atoms with Gasteiger partial charge in [-0.3, -0.25) is 10.1 Å². The molecule has 1 aliphatic rings. The SMILES string of the molecule is Cc1cc(C)cc(NC(O)NCC2(c3ccc(-c4ccc(=O)[nH]c4)cc3)CCNCC2)c1. The Bertz CT molecular complexity index is 1060. The first-order chi connectivity index (χ1) is 15.4. The second-order valence-electron chi connectivity index (χ2n) is 8.85. The van der Waals surface area contributed by atoms with Crippen LogP contribution in [0.3, 0.4) is 0 Å². The molecule has 1 atom stereocenters. The van der Waals surface area contributed by atoms with E-state index in [1.165, 1.54) is 5.56 Å². The van der Waals surface area contributed by atoms with Crippen molar-refractivity contribution >= 4 is 5.69 Å². The van der Waals surface area contributed by atoms with E-state index in [4.69, 9.17) is 0 Å². The van der Waals surface area contributed by atoms with E-state index >= 15 is 0 Å². The Labute approximate surface area is 189 Å². The summed E-state index contributed by atoms with van der Waals surface area (Å²) in [7, 11) is 0. The minimum atomic E-state index is -0.830. The smallest absolute Gasteiger partial charge is 0.247 e. The van der Waals surface area contributed by atoms with Crippen molar-refractivity contribution in [3.05, 3.63) is 87.8 Å². The van der Waals surface area contributed by atoms with Crippen molar-refractivity contribution in [1.29, 1.82) is 0 Å². The van der Waals surface area contributed by atoms with Crippen molar-refractivity contribution in [2.75, 3.05) is 25.0 Å². The predicted octanol–water partition coefficient (Wildman–Crippen LogP) is 3.26. The number of pyridine rings is 1. The first-order valence-corrected chi connectivity index (χ1v) is 11.2. The zero-order chi connectivity index (χ0) is 22.6. The number of hydrogen-bond donors (Lipinski definition) is 5. The standard InChI is InChI=1S/C26H32N4O2/c1-18-13-19(2)15-23(14-18)30-25(32)29-17-26(9-11-27-12-10-26)22-6-3-20(4-7-22)21-5-8-24(31)28-16-21/h3-8,13-16,25,27,29-30,32H,9-12,17H2,1-2H3,(H,28,31). The first-order valence-electron chi connectivity index (χ1n) is 11.2. The van der Waals surface area contributed by atoms with Crippen LogP contribution in [0.5, 0.6) is 0 Å². The van der Waals surface area contributed by atoms with Crippen LogP contribution in [0.1, 0.15) is 29.5 Å². The third-order valence-corrected chi connectivity index (χ3v) is 6.33. The molecule has 0 radical (unpaired) electrons. The van der Waals surface area contributed by atoms with Crippen LogP contribution in [-0.2, 0) is 5.41 Å². The van der Waals surface area contributed by atoms with E-state index in [0.717, 1.165) is 53.9 Å². The van der Waals surface area contributed by atoms with Gasteiger partial charge >= 0.3 is 0 Å². The molecule has 6 nitrogen and oxygen atoms in total. The lowest BCUT2D eigenvalue weighted by Crippen LogP contribution is -2.50. The maximum atomic E-state index is 11.3. The van der Waals surface area contributed by atoms with Gasteiger partial charge < -0.3 is 20.7 Å². The first kappa shape index (κ1) is 22.3. The highest BCUT2D eigenvalue weighted by Gasteiger charge is 2.34. The lowest BCUT2D eigenvalue weighted by molar-refractivity contribution is 0.146. The number of aromatic nitrogens is 1. The highest BCUT2D eigenvalue weighted by molar-refractivity contribution is 5.62. The molecule has 6 heteroatoms. The summed E-state index contributed by atoms with van der Waals surface area (Å²) in [6.07, 6.45) is 2.90. The molecule has 0 bridgehead atoms. The Morgan fingerprint density at radius 1 is 0.969 bits per heavy atom. The third-order valence-electron chi connectivity index (χ3n) is 6.33. The lowest BCUT2D eigenvalue weighted by Gasteiger charge is -2.39. The van der Waals surface area contributed by atoms with Crippen molar-refractivity contribution < 1.29 is 5.11 Å². The Hall–Kier alpha value is -2.93. The number of aliphatic hydroxyl groups is 1. The van der Waals surface area contributed by atoms with E-state index in [2.05, 4.69) is 65.1 Å². The monoisotopic (exact) mass is 432 g/mol. The van der Waals surface area contributed by atoms with Gasteiger partial charge in [0.2, 0.25) is 5.56 Å². The molecule has 1 saturated heterocycles. The van der Waals surface area contributed by atoms with Crippen LogP contribution < -0.4 is 21.5 Å². The predicted molar refractivity (Wildman–Crippen MR) is 130 cm³/mol. The number of hydrogen-bond acceptors (Lipinski definition) is 5. The van der Waals surface area contributed by atoms with Gasteiger partial charge in [0.25, 0.3) is 0 Å². The van der Waals surface area contributed by atoms with Crippen LogP contribution in [0.2, 0.25) is 0 Å². The average Bonchev–Trinajstić information content (AvgIpc) is 2.78. The van der Waals surface area contributed by atoms with Gasteiger partial charge in [-0.2, -0.15) is 0 Å². The number of anilines is 1. The van der Waals surface area contributed by atoms with E-state index in [1.54, 1.807) is 12.3 Å². The Balaban J connectivity index is 1.48. The quantitative estimate of drug-likeness (QED) is 0.370. The summed E-state index contributed by atoms with van der Waals surface area (Å²) in [5.41, 5.74) is 6.40. The maximum Gasteiger partial charge on any atom is 0.247 e. The molecule has 1 aromatic heterocycles. The molecule has 5 N–H and O–H groups in total. The highest BCUT2D eigenvalue weighted by Crippen LogP contribution is 2.34. The van der Waals surface area contributed by atoms with Crippen molar-refractivity contribution in [2.45, 2.75) is 38.5 Å². The fourth-order valence-corrected chi connectivity index (χ4v) is 4.64. The highest BCUT2D eigenvalue weighted by atomic mass is 16.3. The van der Waals surface area contributed by atoms with Gasteiger partial charge in [0, 0.05) is 29.9 Å². The number of rotatable bonds is 7. The molecule has 1 aliphatic heterocycles. The summed E-state index contributed by atoms with van der Waals surface area (Å²) >= 11 is 0. The molecule has 32 heavy (non-hydrogen) atoms. The Morgan fingerprint density at radius 3 is 2.25 bits per heavy atom. The normalized spacial score (nSPS) is 16.5. The molecule has 0 amide bonds. The zero-order valence-electron chi connectivity index (χ0n) is 18.7. The van der Waals surface area contributed by atoms with E-state index < -0.39 is 6.35 Å². The van der Waals surface area contributed by atoms with Gasteiger partial charge in [-0.05, 0) is 85.8 Å². The molecule has 0 aliphatic carbocycles. The molecular formula is C26H32N4O2. The van der Waals surface area contributed by atoms with Gasteiger partial charge in [-0.25, -0.2) is 0 Å². The fourth-order valence-electron chi connectivity index (χ4n) is 4.64. The van der Waals surface area contributed by atoms with Gasteiger partial charge in [-0.15, -0.1) is 0 Å². The molecule has 1 fully saturated rings. The van der Waals surface area contributed by atoms with Crippen molar-refractivity contribution in [2.24, 2.45) is 0 Å². The molecule has 0 spiro atoms. The van der Waals surface area contributed by atoms with Crippen LogP contribution in [0, 0.1) is 13.8 Å². The molecular weight excluding hydrogens is 400 g/mol. The summed E-state index contributed by atoms with van der Waals surface area (Å²) in [4.78, 5) is 14.1. The van der Waals surface area contributed by atoms with Crippen LogP contribution in [-0.4, -0.2) is 36.1 Å². The molecule has 2 heterocycles. The average molecular weight is 433 g/mol. The van der Waals surface area contributed by atoms with Crippen LogP contribution in [0.25, 0.3) is 11.1 Å². The molecule has 0 saturated carbocycles. The van der Waals surface area contributed by atoms with E-state index in [9.17, 15) is 9.90 Å². The molecule has 168 valence electrons. The number of aryl methyl sites for hydroxylation is 2. The zero-order valence-corrected chi connectivity index (χ0v) is 18.7. The fraction of sp³-hybridized carbons (Fsp3) is 0.346. The van der Waals surface area contributed by atoms with Crippen molar-refractivity contribution in [3.63, 3.8) is 0 Å². The van der Waals surface area contributed by atoms with Crippen LogP contribution in [0.15, 0.2) is 65.6 Å². The number of piperidine rings is 1. The lowest BCUT2D eigenvalue weighted by atomic mass is 9.73. The largest absolute Gasteiger partial charge is 0.361 e. The molecule has 4 rings (SSSR count). The number of nitrogens with one attached hydrogen (secondary N) is 4. The van der Waals surface area contributed by atoms with Gasteiger partial charge in [0.05, 0.1) is 0 Å². The minimum Gasteiger partial charge on any atom is -0.361 e. The van der Waals surface area contributed by atoms with Gasteiger partial charge in [0.1, 0.15) is 0 Å². The van der Waals surface area contributed by atoms with Crippen LogP contribution in [0.4, 0.5) is 5.69 Å². The summed E-state index contributed by atoms with van der Waals surface area (Å²) in [6.45, 7) is 6.68. The molecule has 1 unspecified atom stereocenters. The third kappa shape index (κ3) is 5.27. The summed E-state index contributed by atoms with van der Waals surface area (Å²) in [5, 5.41) is 20.6. The second-order valence-corrected chi connectivity index (χ2v) is 8.85. The van der Waals surface area contributed by atoms with Crippen molar-refractivity contribution in [1.82, 2.24) is 15.6 Å². The van der Waals surface area contributed by atoms with E-state index in [1.807, 2.05) is 18.2 Å². The molecule has 3 aromatic rings. The van der Waals surface area contributed by atoms with Gasteiger partial charge in [-0.1, -0.05) is 30.3 Å². The number of aromatic amines is 1. The minimum absolute atomic E-state index is 0.0556. The molecule has 2 aromatic carbocycles. The second kappa shape index (κ2) is 9.69. The van der Waals surface area contributed by atoms with E-state index in [0.29, 0.717) is 6.54 Å². The summed E-state index contributed by atoms with van der Waals surface area (Å²) in [6, 6.07) is 18.1. The van der Waals surface area contributed by atoms with Gasteiger partial charge in [0.15, 0.2) is 6.35 Å². The van der Waals surface area contributed by atoms with Crippen molar-refractivity contribution in [3.8, 4) is 11.1 Å². The van der Waals surface area contributed by atoms with E-state index in [-0.39, 0.29) is 11.0 Å². The maximum absolute atomic E-state index is 11.3. The Morgan fingerprint density at radius 2 is 1.62 bits per heavy atom. The topological polar surface area (TPSA) is 89.2 Å². The summed E-state index contributed by atoms with van der Waals surface area (Å²) in [5.74, 6) is 0. The summed E-state index contributed by atoms with van der Waals surface area (Å²) < 4.78 is 0. The Kier molecular flexibility index (Phi) is 6.74. The number of benzene rings is 2.